The van der Waals surface area contributed by atoms with Crippen molar-refractivity contribution in [3.8, 4) is 0 Å². The molecule has 3 nitrogen and oxygen atoms in total. The molecule has 0 aliphatic heterocycles. The number of methoxy groups -OCH3 is 1. The van der Waals surface area contributed by atoms with Gasteiger partial charge in [-0.2, -0.15) is 0 Å². The Morgan fingerprint density at radius 3 is 2.53 bits per heavy atom. The van der Waals surface area contributed by atoms with E-state index >= 15 is 0 Å². The SMILES string of the molecule is COCCOCCCC(=O)c1ccc(Br)cc1. The van der Waals surface area contributed by atoms with Gasteiger partial charge in [-0.05, 0) is 18.6 Å². The maximum absolute atomic E-state index is 11.7. The highest BCUT2D eigenvalue weighted by Crippen LogP contribution is 2.12. The van der Waals surface area contributed by atoms with Crippen molar-refractivity contribution >= 4 is 21.7 Å². The monoisotopic (exact) mass is 300 g/mol. The quantitative estimate of drug-likeness (QED) is 0.547. The molecule has 0 aliphatic rings. The van der Waals surface area contributed by atoms with Crippen LogP contribution >= 0.6 is 15.9 Å². The lowest BCUT2D eigenvalue weighted by Crippen LogP contribution is -2.05. The van der Waals surface area contributed by atoms with Crippen LogP contribution in [0.3, 0.4) is 0 Å². The van der Waals surface area contributed by atoms with Crippen LogP contribution in [0.4, 0.5) is 0 Å². The second-order valence-electron chi connectivity index (χ2n) is 3.64. The van der Waals surface area contributed by atoms with E-state index in [0.717, 1.165) is 16.5 Å². The van der Waals surface area contributed by atoms with Gasteiger partial charge in [0.25, 0.3) is 0 Å². The maximum atomic E-state index is 11.7. The van der Waals surface area contributed by atoms with Crippen molar-refractivity contribution in [3.63, 3.8) is 0 Å². The lowest BCUT2D eigenvalue weighted by molar-refractivity contribution is 0.0670. The zero-order valence-electron chi connectivity index (χ0n) is 9.95. The van der Waals surface area contributed by atoms with Gasteiger partial charge >= 0.3 is 0 Å². The fraction of sp³-hybridized carbons (Fsp3) is 0.462. The van der Waals surface area contributed by atoms with E-state index in [2.05, 4.69) is 15.9 Å². The third kappa shape index (κ3) is 5.96. The minimum Gasteiger partial charge on any atom is -0.382 e. The molecule has 1 aromatic carbocycles. The number of benzene rings is 1. The Balaban J connectivity index is 2.19. The molecular formula is C13H17BrO3. The zero-order chi connectivity index (χ0) is 12.5. The summed E-state index contributed by atoms with van der Waals surface area (Å²) in [4.78, 5) is 11.7. The van der Waals surface area contributed by atoms with Crippen LogP contribution in [0.5, 0.6) is 0 Å². The number of ether oxygens (including phenoxy) is 2. The molecule has 0 atom stereocenters. The minimum absolute atomic E-state index is 0.160. The maximum Gasteiger partial charge on any atom is 0.162 e. The first-order valence-corrected chi connectivity index (χ1v) is 6.39. The summed E-state index contributed by atoms with van der Waals surface area (Å²) in [6, 6.07) is 7.42. The van der Waals surface area contributed by atoms with E-state index in [9.17, 15) is 4.79 Å². The van der Waals surface area contributed by atoms with Gasteiger partial charge < -0.3 is 9.47 Å². The lowest BCUT2D eigenvalue weighted by Gasteiger charge is -2.03. The highest BCUT2D eigenvalue weighted by molar-refractivity contribution is 9.10. The first-order valence-electron chi connectivity index (χ1n) is 5.59. The number of ketones is 1. The molecule has 0 unspecified atom stereocenters. The normalized spacial score (nSPS) is 10.5. The minimum atomic E-state index is 0.160. The first kappa shape index (κ1) is 14.4. The van der Waals surface area contributed by atoms with Gasteiger partial charge in [0, 0.05) is 30.2 Å². The molecule has 0 aliphatic carbocycles. The number of carbonyl (C=O) groups is 1. The second-order valence-corrected chi connectivity index (χ2v) is 4.55. The van der Waals surface area contributed by atoms with E-state index in [1.54, 1.807) is 7.11 Å². The number of halogens is 1. The van der Waals surface area contributed by atoms with Gasteiger partial charge in [-0.15, -0.1) is 0 Å². The fourth-order valence-electron chi connectivity index (χ4n) is 1.36. The van der Waals surface area contributed by atoms with E-state index in [1.807, 2.05) is 24.3 Å². The number of Topliss-reactive ketones (excluding diaryl/α,β-unsaturated/α-hetero) is 1. The average molecular weight is 301 g/mol. The number of carbonyl (C=O) groups excluding carboxylic acids is 1. The summed E-state index contributed by atoms with van der Waals surface area (Å²) in [5.74, 6) is 0.160. The van der Waals surface area contributed by atoms with Crippen LogP contribution < -0.4 is 0 Å². The summed E-state index contributed by atoms with van der Waals surface area (Å²) in [6.07, 6.45) is 1.27. The molecule has 0 heterocycles. The Bertz CT molecular complexity index is 335. The van der Waals surface area contributed by atoms with Crippen molar-refractivity contribution in [1.82, 2.24) is 0 Å². The van der Waals surface area contributed by atoms with Gasteiger partial charge in [0.15, 0.2) is 5.78 Å². The largest absolute Gasteiger partial charge is 0.382 e. The molecule has 1 rings (SSSR count). The molecule has 4 heteroatoms. The van der Waals surface area contributed by atoms with Gasteiger partial charge in [-0.3, -0.25) is 4.79 Å². The van der Waals surface area contributed by atoms with E-state index in [1.165, 1.54) is 0 Å². The van der Waals surface area contributed by atoms with Gasteiger partial charge in [0.2, 0.25) is 0 Å². The predicted octanol–water partition coefficient (Wildman–Crippen LogP) is 3.08. The summed E-state index contributed by atoms with van der Waals surface area (Å²) in [6.45, 7) is 1.79. The third-order valence-corrected chi connectivity index (χ3v) is 2.82. The van der Waals surface area contributed by atoms with Crippen LogP contribution in [0.15, 0.2) is 28.7 Å². The third-order valence-electron chi connectivity index (χ3n) is 2.29. The van der Waals surface area contributed by atoms with Gasteiger partial charge in [0.1, 0.15) is 0 Å². The van der Waals surface area contributed by atoms with Crippen molar-refractivity contribution in [2.75, 3.05) is 26.9 Å². The van der Waals surface area contributed by atoms with Crippen LogP contribution in [0.25, 0.3) is 0 Å². The number of rotatable bonds is 8. The summed E-state index contributed by atoms with van der Waals surface area (Å²) < 4.78 is 11.1. The van der Waals surface area contributed by atoms with Crippen molar-refractivity contribution in [2.24, 2.45) is 0 Å². The highest BCUT2D eigenvalue weighted by Gasteiger charge is 2.04. The van der Waals surface area contributed by atoms with E-state index in [4.69, 9.17) is 9.47 Å². The van der Waals surface area contributed by atoms with Crippen molar-refractivity contribution in [1.29, 1.82) is 0 Å². The summed E-state index contributed by atoms with van der Waals surface area (Å²) in [5, 5.41) is 0. The fourth-order valence-corrected chi connectivity index (χ4v) is 1.62. The Labute approximate surface area is 110 Å². The van der Waals surface area contributed by atoms with Gasteiger partial charge in [-0.25, -0.2) is 0 Å². The van der Waals surface area contributed by atoms with E-state index < -0.39 is 0 Å². The zero-order valence-corrected chi connectivity index (χ0v) is 11.5. The van der Waals surface area contributed by atoms with Crippen LogP contribution in [-0.2, 0) is 9.47 Å². The molecule has 94 valence electrons. The van der Waals surface area contributed by atoms with E-state index in [-0.39, 0.29) is 5.78 Å². The van der Waals surface area contributed by atoms with Crippen LogP contribution in [-0.4, -0.2) is 32.7 Å². The van der Waals surface area contributed by atoms with Gasteiger partial charge in [0.05, 0.1) is 13.2 Å². The molecule has 0 radical (unpaired) electrons. The summed E-state index contributed by atoms with van der Waals surface area (Å²) >= 11 is 3.34. The van der Waals surface area contributed by atoms with Crippen LogP contribution in [0, 0.1) is 0 Å². The molecule has 0 saturated carbocycles. The van der Waals surface area contributed by atoms with Gasteiger partial charge in [-0.1, -0.05) is 28.1 Å². The Kier molecular flexibility index (Phi) is 7.08. The van der Waals surface area contributed by atoms with Crippen molar-refractivity contribution in [3.05, 3.63) is 34.3 Å². The molecule has 0 N–H and O–H groups in total. The van der Waals surface area contributed by atoms with Crippen molar-refractivity contribution in [2.45, 2.75) is 12.8 Å². The highest BCUT2D eigenvalue weighted by atomic mass is 79.9. The molecule has 0 saturated heterocycles. The molecule has 0 aromatic heterocycles. The molecule has 0 spiro atoms. The Hall–Kier alpha value is -0.710. The molecule has 1 aromatic rings. The summed E-state index contributed by atoms with van der Waals surface area (Å²) in [7, 11) is 1.64. The Morgan fingerprint density at radius 1 is 1.18 bits per heavy atom. The molecule has 0 fully saturated rings. The van der Waals surface area contributed by atoms with E-state index in [0.29, 0.717) is 26.2 Å². The standard InChI is InChI=1S/C13H17BrO3/c1-16-9-10-17-8-2-3-13(15)11-4-6-12(14)7-5-11/h4-7H,2-3,8-10H2,1H3. The first-order chi connectivity index (χ1) is 8.24. The summed E-state index contributed by atoms with van der Waals surface area (Å²) in [5.41, 5.74) is 0.755. The van der Waals surface area contributed by atoms with Crippen LogP contribution in [0.1, 0.15) is 23.2 Å². The number of hydrogen-bond donors (Lipinski definition) is 0. The topological polar surface area (TPSA) is 35.5 Å². The molecule has 0 bridgehead atoms. The average Bonchev–Trinajstić information content (AvgIpc) is 2.34. The lowest BCUT2D eigenvalue weighted by atomic mass is 10.1. The number of hydrogen-bond acceptors (Lipinski definition) is 3. The Morgan fingerprint density at radius 2 is 1.88 bits per heavy atom. The second kappa shape index (κ2) is 8.39. The molecule has 17 heavy (non-hydrogen) atoms. The van der Waals surface area contributed by atoms with Crippen LogP contribution in [0.2, 0.25) is 0 Å². The molecular weight excluding hydrogens is 284 g/mol. The van der Waals surface area contributed by atoms with Crippen molar-refractivity contribution < 1.29 is 14.3 Å². The molecule has 0 amide bonds. The smallest absolute Gasteiger partial charge is 0.162 e. The predicted molar refractivity (Wildman–Crippen MR) is 70.4 cm³/mol.